The number of hydrogen-bond donors (Lipinski definition) is 1. The average Bonchev–Trinajstić information content (AvgIpc) is 2.77. The zero-order valence-corrected chi connectivity index (χ0v) is 20.4. The first-order chi connectivity index (χ1) is 16.9. The molecule has 1 atom stereocenters. The van der Waals surface area contributed by atoms with Crippen LogP contribution < -0.4 is 10.2 Å². The molecule has 5 rings (SSSR count). The largest absolute Gasteiger partial charge is 0.371 e. The number of aryl methyl sites for hydroxylation is 1. The van der Waals surface area contributed by atoms with E-state index < -0.39 is 17.9 Å². The molecule has 0 aromatic heterocycles. The molecular formula is C27H34N4O4. The number of allylic oxidation sites excluding steroid dienone is 1. The Bertz CT molecular complexity index is 1060. The molecule has 1 N–H and O–H groups in total. The van der Waals surface area contributed by atoms with Gasteiger partial charge in [0.25, 0.3) is 5.91 Å². The summed E-state index contributed by atoms with van der Waals surface area (Å²) in [5.41, 5.74) is 5.71. The standard InChI is InChI=1S/C27H34N4O4/c1-18-13-22(5-6-23(18)27(35)31(17-32)24-7-8-25(33)28-26(24)34)30-15-19(16-30)14-29-11-9-21(10-12-29)20-3-2-4-20/h5-6,13,17,19,24H,2-4,7-12,14-16H2,1H3,(H,28,33,34). The lowest BCUT2D eigenvalue weighted by molar-refractivity contribution is -0.139. The summed E-state index contributed by atoms with van der Waals surface area (Å²) >= 11 is 0. The molecule has 35 heavy (non-hydrogen) atoms. The molecule has 4 amide bonds. The maximum absolute atomic E-state index is 13.1. The first-order valence-corrected chi connectivity index (χ1v) is 12.8. The van der Waals surface area contributed by atoms with Crippen LogP contribution in [0.15, 0.2) is 29.3 Å². The lowest BCUT2D eigenvalue weighted by atomic mass is 9.84. The highest BCUT2D eigenvalue weighted by Crippen LogP contribution is 2.34. The molecule has 1 aliphatic carbocycles. The smallest absolute Gasteiger partial charge is 0.261 e. The van der Waals surface area contributed by atoms with E-state index in [2.05, 4.69) is 15.1 Å². The number of hydrogen-bond acceptors (Lipinski definition) is 6. The molecule has 0 spiro atoms. The number of benzene rings is 1. The maximum Gasteiger partial charge on any atom is 0.261 e. The summed E-state index contributed by atoms with van der Waals surface area (Å²) in [6.07, 6.45) is 7.19. The Balaban J connectivity index is 1.15. The lowest BCUT2D eigenvalue weighted by Crippen LogP contribution is -2.54. The summed E-state index contributed by atoms with van der Waals surface area (Å²) in [5, 5.41) is 2.21. The number of amides is 4. The lowest BCUT2D eigenvalue weighted by Gasteiger charge is -2.44. The van der Waals surface area contributed by atoms with Crippen molar-refractivity contribution < 1.29 is 19.2 Å². The van der Waals surface area contributed by atoms with Gasteiger partial charge in [0.2, 0.25) is 18.2 Å². The third-order valence-electron chi connectivity index (χ3n) is 8.09. The molecule has 4 aliphatic rings. The van der Waals surface area contributed by atoms with E-state index in [4.69, 9.17) is 0 Å². The highest BCUT2D eigenvalue weighted by atomic mass is 16.2. The van der Waals surface area contributed by atoms with Gasteiger partial charge in [0.05, 0.1) is 0 Å². The molecule has 1 saturated carbocycles. The Kier molecular flexibility index (Phi) is 6.73. The first kappa shape index (κ1) is 23.7. The van der Waals surface area contributed by atoms with Crippen molar-refractivity contribution >= 4 is 29.8 Å². The number of anilines is 1. The van der Waals surface area contributed by atoms with Crippen LogP contribution in [0.25, 0.3) is 0 Å². The maximum atomic E-state index is 13.1. The van der Waals surface area contributed by atoms with Gasteiger partial charge in [0.15, 0.2) is 0 Å². The van der Waals surface area contributed by atoms with Gasteiger partial charge in [0.1, 0.15) is 6.04 Å². The summed E-state index contributed by atoms with van der Waals surface area (Å²) in [4.78, 5) is 54.2. The highest BCUT2D eigenvalue weighted by Gasteiger charge is 2.36. The van der Waals surface area contributed by atoms with Crippen molar-refractivity contribution in [2.45, 2.75) is 57.9 Å². The van der Waals surface area contributed by atoms with Crippen molar-refractivity contribution in [3.05, 3.63) is 40.5 Å². The van der Waals surface area contributed by atoms with Gasteiger partial charge in [0, 0.05) is 56.3 Å². The topological polar surface area (TPSA) is 90.0 Å². The fourth-order valence-corrected chi connectivity index (χ4v) is 5.76. The fraction of sp³-hybridized carbons (Fsp3) is 0.556. The normalized spacial score (nSPS) is 23.5. The van der Waals surface area contributed by atoms with E-state index in [-0.39, 0.29) is 18.7 Å². The van der Waals surface area contributed by atoms with Crippen LogP contribution in [0.5, 0.6) is 0 Å². The number of piperidine rings is 2. The van der Waals surface area contributed by atoms with Gasteiger partial charge in [-0.15, -0.1) is 0 Å². The zero-order chi connectivity index (χ0) is 24.5. The van der Waals surface area contributed by atoms with Crippen molar-refractivity contribution in [2.24, 2.45) is 5.92 Å². The van der Waals surface area contributed by atoms with Crippen molar-refractivity contribution in [1.29, 1.82) is 0 Å². The Hall–Kier alpha value is -3.00. The van der Waals surface area contributed by atoms with Crippen LogP contribution in [-0.4, -0.2) is 72.7 Å². The molecule has 3 heterocycles. The molecule has 4 fully saturated rings. The van der Waals surface area contributed by atoms with Crippen LogP contribution >= 0.6 is 0 Å². The predicted molar refractivity (Wildman–Crippen MR) is 132 cm³/mol. The van der Waals surface area contributed by atoms with E-state index in [9.17, 15) is 19.2 Å². The van der Waals surface area contributed by atoms with Crippen LogP contribution in [0.1, 0.15) is 60.9 Å². The van der Waals surface area contributed by atoms with Crippen molar-refractivity contribution in [2.75, 3.05) is 37.6 Å². The minimum Gasteiger partial charge on any atom is -0.371 e. The molecule has 1 aromatic carbocycles. The Morgan fingerprint density at radius 1 is 1.09 bits per heavy atom. The first-order valence-electron chi connectivity index (χ1n) is 12.8. The fourth-order valence-electron chi connectivity index (χ4n) is 5.76. The summed E-state index contributed by atoms with van der Waals surface area (Å²) in [6, 6.07) is 4.68. The summed E-state index contributed by atoms with van der Waals surface area (Å²) in [5.74, 6) is -0.838. The van der Waals surface area contributed by atoms with Gasteiger partial charge in [-0.05, 0) is 69.2 Å². The minimum atomic E-state index is -0.955. The summed E-state index contributed by atoms with van der Waals surface area (Å²) in [6.45, 7) is 7.39. The van der Waals surface area contributed by atoms with Crippen molar-refractivity contribution in [3.63, 3.8) is 0 Å². The van der Waals surface area contributed by atoms with Gasteiger partial charge in [-0.3, -0.25) is 29.4 Å². The predicted octanol–water partition coefficient (Wildman–Crippen LogP) is 2.41. The second-order valence-electron chi connectivity index (χ2n) is 10.4. The van der Waals surface area contributed by atoms with Crippen LogP contribution in [-0.2, 0) is 14.4 Å². The van der Waals surface area contributed by atoms with Crippen LogP contribution in [0.4, 0.5) is 5.69 Å². The second kappa shape index (κ2) is 9.93. The summed E-state index contributed by atoms with van der Waals surface area (Å²) < 4.78 is 0. The number of nitrogens with one attached hydrogen (secondary N) is 1. The number of rotatable bonds is 6. The van der Waals surface area contributed by atoms with Crippen LogP contribution in [0, 0.1) is 12.8 Å². The van der Waals surface area contributed by atoms with Crippen LogP contribution in [0.3, 0.4) is 0 Å². The SMILES string of the molecule is Cc1cc(N2CC(CN3CCC(=C4CCC4)CC3)C2)ccc1C(=O)N(C=O)C1CCC(=O)NC1=O. The van der Waals surface area contributed by atoms with E-state index in [0.29, 0.717) is 17.9 Å². The Labute approximate surface area is 206 Å². The number of nitrogens with zero attached hydrogens (tertiary/aromatic N) is 3. The number of carbonyl (C=O) groups excluding carboxylic acids is 4. The van der Waals surface area contributed by atoms with E-state index in [1.54, 1.807) is 17.2 Å². The van der Waals surface area contributed by atoms with Gasteiger partial charge in [-0.25, -0.2) is 0 Å². The molecule has 0 radical (unpaired) electrons. The zero-order valence-electron chi connectivity index (χ0n) is 20.4. The number of imide groups is 2. The third kappa shape index (κ3) is 4.89. The van der Waals surface area contributed by atoms with E-state index in [1.165, 1.54) is 45.2 Å². The molecule has 186 valence electrons. The quantitative estimate of drug-likeness (QED) is 0.384. The average molecular weight is 479 g/mol. The molecule has 3 saturated heterocycles. The molecule has 1 unspecified atom stereocenters. The molecular weight excluding hydrogens is 444 g/mol. The molecule has 1 aromatic rings. The van der Waals surface area contributed by atoms with E-state index in [1.807, 2.05) is 19.1 Å². The molecule has 8 nitrogen and oxygen atoms in total. The number of likely N-dealkylation sites (tertiary alicyclic amines) is 1. The van der Waals surface area contributed by atoms with E-state index >= 15 is 0 Å². The third-order valence-corrected chi connectivity index (χ3v) is 8.09. The van der Waals surface area contributed by atoms with Gasteiger partial charge < -0.3 is 9.80 Å². The molecule has 8 heteroatoms. The van der Waals surface area contributed by atoms with Crippen molar-refractivity contribution in [3.8, 4) is 0 Å². The van der Waals surface area contributed by atoms with Crippen molar-refractivity contribution in [1.82, 2.24) is 15.1 Å². The summed E-state index contributed by atoms with van der Waals surface area (Å²) in [7, 11) is 0. The Morgan fingerprint density at radius 2 is 1.80 bits per heavy atom. The molecule has 0 bridgehead atoms. The Morgan fingerprint density at radius 3 is 2.40 bits per heavy atom. The number of carbonyl (C=O) groups is 4. The van der Waals surface area contributed by atoms with Gasteiger partial charge >= 0.3 is 0 Å². The molecule has 3 aliphatic heterocycles. The van der Waals surface area contributed by atoms with Gasteiger partial charge in [-0.2, -0.15) is 0 Å². The second-order valence-corrected chi connectivity index (χ2v) is 10.4. The highest BCUT2D eigenvalue weighted by molar-refractivity contribution is 6.07. The van der Waals surface area contributed by atoms with Gasteiger partial charge in [-0.1, -0.05) is 11.1 Å². The minimum absolute atomic E-state index is 0.110. The monoisotopic (exact) mass is 478 g/mol. The van der Waals surface area contributed by atoms with Crippen LogP contribution in [0.2, 0.25) is 0 Å². The van der Waals surface area contributed by atoms with E-state index in [0.717, 1.165) is 35.8 Å².